The molecule has 0 aliphatic carbocycles. The summed E-state index contributed by atoms with van der Waals surface area (Å²) in [6, 6.07) is 14.9. The van der Waals surface area contributed by atoms with Crippen LogP contribution in [0.1, 0.15) is 44.7 Å². The summed E-state index contributed by atoms with van der Waals surface area (Å²) in [5.74, 6) is -0.374. The number of aryl methyl sites for hydroxylation is 1. The summed E-state index contributed by atoms with van der Waals surface area (Å²) in [4.78, 5) is 29.2. The van der Waals surface area contributed by atoms with Crippen LogP contribution in [-0.4, -0.2) is 58.0 Å². The van der Waals surface area contributed by atoms with Gasteiger partial charge in [0, 0.05) is 18.7 Å². The van der Waals surface area contributed by atoms with Crippen LogP contribution >= 0.6 is 23.2 Å². The van der Waals surface area contributed by atoms with E-state index in [2.05, 4.69) is 5.32 Å². The van der Waals surface area contributed by atoms with E-state index in [0.29, 0.717) is 27.8 Å². The van der Waals surface area contributed by atoms with Gasteiger partial charge in [0.05, 0.1) is 34.8 Å². The van der Waals surface area contributed by atoms with Gasteiger partial charge in [-0.05, 0) is 68.7 Å². The van der Waals surface area contributed by atoms with Gasteiger partial charge in [0.25, 0.3) is 10.0 Å². The molecule has 9 nitrogen and oxygen atoms in total. The van der Waals surface area contributed by atoms with Crippen molar-refractivity contribution in [3.63, 3.8) is 0 Å². The first-order chi connectivity index (χ1) is 20.9. The molecule has 0 saturated heterocycles. The maximum absolute atomic E-state index is 14.3. The molecule has 44 heavy (non-hydrogen) atoms. The van der Waals surface area contributed by atoms with Crippen molar-refractivity contribution in [2.75, 3.05) is 25.1 Å². The zero-order valence-corrected chi connectivity index (χ0v) is 28.1. The molecule has 0 fully saturated rings. The molecule has 0 bridgehead atoms. The molecule has 0 unspecified atom stereocenters. The van der Waals surface area contributed by atoms with Gasteiger partial charge in [-0.1, -0.05) is 60.8 Å². The van der Waals surface area contributed by atoms with E-state index in [9.17, 15) is 18.0 Å². The van der Waals surface area contributed by atoms with Gasteiger partial charge in [0.15, 0.2) is 0 Å². The first kappa shape index (κ1) is 35.0. The van der Waals surface area contributed by atoms with Crippen molar-refractivity contribution in [1.29, 1.82) is 0 Å². The maximum Gasteiger partial charge on any atom is 0.264 e. The standard InChI is InChI=1S/C32H39Cl2N3O6S/c1-7-22(4)35-32(39)28(8-2)36(19-23-11-15-26(33)27(34)17-23)31(38)20-37(29-18-24(42-5)12-16-30(29)43-6)44(40,41)25-13-9-21(3)10-14-25/h9-18,22,28H,7-8,19-20H2,1-6H3,(H,35,39)/t22-,28-/m0/s1. The highest BCUT2D eigenvalue weighted by Gasteiger charge is 2.35. The van der Waals surface area contributed by atoms with Crippen LogP contribution in [0.5, 0.6) is 11.5 Å². The van der Waals surface area contributed by atoms with Crippen molar-refractivity contribution in [3.8, 4) is 11.5 Å². The molecule has 0 spiro atoms. The van der Waals surface area contributed by atoms with Crippen LogP contribution in [0.25, 0.3) is 0 Å². The third-order valence-corrected chi connectivity index (χ3v) is 9.78. The van der Waals surface area contributed by atoms with Gasteiger partial charge in [-0.15, -0.1) is 0 Å². The molecule has 0 radical (unpaired) electrons. The van der Waals surface area contributed by atoms with Gasteiger partial charge in [-0.3, -0.25) is 13.9 Å². The molecule has 3 aromatic rings. The lowest BCUT2D eigenvalue weighted by Crippen LogP contribution is -2.53. The predicted octanol–water partition coefficient (Wildman–Crippen LogP) is 6.24. The summed E-state index contributed by atoms with van der Waals surface area (Å²) >= 11 is 12.4. The number of hydrogen-bond donors (Lipinski definition) is 1. The third-order valence-electron chi connectivity index (χ3n) is 7.27. The topological polar surface area (TPSA) is 105 Å². The molecule has 0 saturated carbocycles. The van der Waals surface area contributed by atoms with Crippen LogP contribution in [0, 0.1) is 6.92 Å². The lowest BCUT2D eigenvalue weighted by Gasteiger charge is -2.34. The Balaban J connectivity index is 2.16. The Morgan fingerprint density at radius 3 is 2.16 bits per heavy atom. The molecule has 238 valence electrons. The molecule has 3 rings (SSSR count). The number of halogens is 2. The Bertz CT molecular complexity index is 1570. The summed E-state index contributed by atoms with van der Waals surface area (Å²) in [5, 5.41) is 3.59. The van der Waals surface area contributed by atoms with Crippen LogP contribution < -0.4 is 19.1 Å². The second kappa shape index (κ2) is 15.5. The van der Waals surface area contributed by atoms with Gasteiger partial charge in [-0.25, -0.2) is 8.42 Å². The van der Waals surface area contributed by atoms with E-state index >= 15 is 0 Å². The summed E-state index contributed by atoms with van der Waals surface area (Å²) in [6.07, 6.45) is 0.976. The number of nitrogens with one attached hydrogen (secondary N) is 1. The first-order valence-corrected chi connectivity index (χ1v) is 16.4. The number of benzene rings is 3. The summed E-state index contributed by atoms with van der Waals surface area (Å²) in [7, 11) is -1.44. The van der Waals surface area contributed by atoms with Crippen molar-refractivity contribution < 1.29 is 27.5 Å². The largest absolute Gasteiger partial charge is 0.497 e. The van der Waals surface area contributed by atoms with Crippen molar-refractivity contribution in [2.45, 2.75) is 64.1 Å². The number of methoxy groups -OCH3 is 2. The Morgan fingerprint density at radius 1 is 0.909 bits per heavy atom. The molecule has 2 amide bonds. The van der Waals surface area contributed by atoms with E-state index < -0.39 is 28.5 Å². The van der Waals surface area contributed by atoms with Crippen molar-refractivity contribution >= 4 is 50.7 Å². The Morgan fingerprint density at radius 2 is 1.59 bits per heavy atom. The molecule has 0 aliphatic heterocycles. The van der Waals surface area contributed by atoms with Crippen molar-refractivity contribution in [2.24, 2.45) is 0 Å². The fourth-order valence-electron chi connectivity index (χ4n) is 4.54. The van der Waals surface area contributed by atoms with E-state index in [4.69, 9.17) is 32.7 Å². The van der Waals surface area contributed by atoms with Crippen molar-refractivity contribution in [3.05, 3.63) is 81.8 Å². The van der Waals surface area contributed by atoms with Crippen LogP contribution in [0.2, 0.25) is 10.0 Å². The number of hydrogen-bond acceptors (Lipinski definition) is 6. The zero-order valence-electron chi connectivity index (χ0n) is 25.8. The van der Waals surface area contributed by atoms with Crippen LogP contribution in [0.3, 0.4) is 0 Å². The highest BCUT2D eigenvalue weighted by Crippen LogP contribution is 2.36. The van der Waals surface area contributed by atoms with Gasteiger partial charge in [-0.2, -0.15) is 0 Å². The van der Waals surface area contributed by atoms with Crippen LogP contribution in [0.4, 0.5) is 5.69 Å². The SMILES string of the molecule is CC[C@H](C)NC(=O)[C@H](CC)N(Cc1ccc(Cl)c(Cl)c1)C(=O)CN(c1cc(OC)ccc1OC)S(=O)(=O)c1ccc(C)cc1. The predicted molar refractivity (Wildman–Crippen MR) is 174 cm³/mol. The lowest BCUT2D eigenvalue weighted by molar-refractivity contribution is -0.140. The minimum Gasteiger partial charge on any atom is -0.497 e. The van der Waals surface area contributed by atoms with Gasteiger partial charge in [0.1, 0.15) is 24.1 Å². The third kappa shape index (κ3) is 8.37. The quantitative estimate of drug-likeness (QED) is 0.219. The van der Waals surface area contributed by atoms with E-state index in [1.165, 1.54) is 37.3 Å². The van der Waals surface area contributed by atoms with E-state index in [1.54, 1.807) is 49.4 Å². The highest BCUT2D eigenvalue weighted by molar-refractivity contribution is 7.92. The number of anilines is 1. The van der Waals surface area contributed by atoms with E-state index in [0.717, 1.165) is 9.87 Å². The van der Waals surface area contributed by atoms with E-state index in [-0.39, 0.29) is 41.2 Å². The number of nitrogens with zero attached hydrogens (tertiary/aromatic N) is 2. The molecule has 3 aromatic carbocycles. The molecule has 0 aliphatic rings. The number of amides is 2. The maximum atomic E-state index is 14.3. The molecule has 2 atom stereocenters. The zero-order chi connectivity index (χ0) is 32.6. The average Bonchev–Trinajstić information content (AvgIpc) is 3.01. The number of rotatable bonds is 14. The summed E-state index contributed by atoms with van der Waals surface area (Å²) in [5.41, 5.74) is 1.60. The number of sulfonamides is 1. The normalized spacial score (nSPS) is 12.6. The fourth-order valence-corrected chi connectivity index (χ4v) is 6.27. The Labute approximate surface area is 270 Å². The molecule has 1 N–H and O–H groups in total. The van der Waals surface area contributed by atoms with Crippen LogP contribution in [-0.2, 0) is 26.2 Å². The number of carbonyl (C=O) groups excluding carboxylic acids is 2. The van der Waals surface area contributed by atoms with Crippen molar-refractivity contribution in [1.82, 2.24) is 10.2 Å². The van der Waals surface area contributed by atoms with E-state index in [1.807, 2.05) is 20.8 Å². The fraction of sp³-hybridized carbons (Fsp3) is 0.375. The molecule has 12 heteroatoms. The molecule has 0 aromatic heterocycles. The minimum absolute atomic E-state index is 0.0154. The highest BCUT2D eigenvalue weighted by atomic mass is 35.5. The van der Waals surface area contributed by atoms with Gasteiger partial charge >= 0.3 is 0 Å². The second-order valence-corrected chi connectivity index (χ2v) is 13.1. The molecule has 0 heterocycles. The minimum atomic E-state index is -4.31. The molecular weight excluding hydrogens is 625 g/mol. The average molecular weight is 665 g/mol. The lowest BCUT2D eigenvalue weighted by atomic mass is 10.1. The summed E-state index contributed by atoms with van der Waals surface area (Å²) in [6.45, 7) is 6.81. The monoisotopic (exact) mass is 663 g/mol. The van der Waals surface area contributed by atoms with Gasteiger partial charge < -0.3 is 19.7 Å². The number of ether oxygens (including phenoxy) is 2. The first-order valence-electron chi connectivity index (χ1n) is 14.2. The van der Waals surface area contributed by atoms with Crippen LogP contribution in [0.15, 0.2) is 65.6 Å². The molecular formula is C32H39Cl2N3O6S. The summed E-state index contributed by atoms with van der Waals surface area (Å²) < 4.78 is 40.3. The second-order valence-electron chi connectivity index (χ2n) is 10.4. The smallest absolute Gasteiger partial charge is 0.264 e. The Kier molecular flexibility index (Phi) is 12.3. The van der Waals surface area contributed by atoms with Gasteiger partial charge in [0.2, 0.25) is 11.8 Å². The Hall–Kier alpha value is -3.47. The number of carbonyl (C=O) groups is 2.